The van der Waals surface area contributed by atoms with Crippen LogP contribution in [-0.4, -0.2) is 84.8 Å². The van der Waals surface area contributed by atoms with Gasteiger partial charge in [-0.25, -0.2) is 4.39 Å². The number of benzene rings is 2. The smallest absolute Gasteiger partial charge is 0.254 e. The number of carbonyl (C=O) groups excluding carboxylic acids is 2. The first-order valence-electron chi connectivity index (χ1n) is 12.4. The molecule has 1 aliphatic heterocycles. The fraction of sp³-hybridized carbons (Fsp3) is 0.357. The lowest BCUT2D eigenvalue weighted by molar-refractivity contribution is -0.131. The van der Waals surface area contributed by atoms with E-state index in [0.717, 1.165) is 30.0 Å². The molecule has 9 heteroatoms. The lowest BCUT2D eigenvalue weighted by Crippen LogP contribution is -2.45. The molecule has 0 saturated carbocycles. The molecule has 2 aromatic carbocycles. The van der Waals surface area contributed by atoms with E-state index in [1.807, 2.05) is 31.2 Å². The van der Waals surface area contributed by atoms with Crippen LogP contribution in [0.25, 0.3) is 11.3 Å². The van der Waals surface area contributed by atoms with Crippen molar-refractivity contribution in [1.82, 2.24) is 20.0 Å². The molecule has 0 unspecified atom stereocenters. The van der Waals surface area contributed by atoms with Crippen molar-refractivity contribution < 1.29 is 18.7 Å². The van der Waals surface area contributed by atoms with Crippen LogP contribution in [0, 0.1) is 12.7 Å². The second-order valence-electron chi connectivity index (χ2n) is 9.09. The minimum Gasteiger partial charge on any atom is -0.383 e. The highest BCUT2D eigenvalue weighted by Gasteiger charge is 2.24. The van der Waals surface area contributed by atoms with E-state index >= 15 is 0 Å². The molecule has 1 aromatic heterocycles. The Morgan fingerprint density at radius 3 is 2.38 bits per heavy atom. The first kappa shape index (κ1) is 26.2. The maximum absolute atomic E-state index is 13.3. The molecule has 2 heterocycles. The van der Waals surface area contributed by atoms with E-state index in [0.29, 0.717) is 31.8 Å². The van der Waals surface area contributed by atoms with Crippen LogP contribution in [0.15, 0.2) is 60.7 Å². The zero-order chi connectivity index (χ0) is 26.2. The van der Waals surface area contributed by atoms with Crippen LogP contribution in [0.2, 0.25) is 0 Å². The molecule has 3 aromatic rings. The molecule has 194 valence electrons. The van der Waals surface area contributed by atoms with Crippen molar-refractivity contribution in [2.45, 2.75) is 13.3 Å². The zero-order valence-electron chi connectivity index (χ0n) is 21.3. The van der Waals surface area contributed by atoms with Gasteiger partial charge < -0.3 is 19.4 Å². The van der Waals surface area contributed by atoms with Gasteiger partial charge in [-0.05, 0) is 49.7 Å². The molecule has 0 bridgehead atoms. The quantitative estimate of drug-likeness (QED) is 0.467. The SMILES string of the molecule is COCCN(CC(=O)N1CCCN(c2ccc(-c3ccc(C)cc3)nn2)CC1)C(=O)c1ccc(F)cc1. The predicted octanol–water partition coefficient (Wildman–Crippen LogP) is 3.42. The zero-order valence-corrected chi connectivity index (χ0v) is 21.3. The number of anilines is 1. The average Bonchev–Trinajstić information content (AvgIpc) is 3.18. The summed E-state index contributed by atoms with van der Waals surface area (Å²) in [4.78, 5) is 31.5. The number of methoxy groups -OCH3 is 1. The van der Waals surface area contributed by atoms with Gasteiger partial charge in [-0.3, -0.25) is 9.59 Å². The largest absolute Gasteiger partial charge is 0.383 e. The van der Waals surface area contributed by atoms with Crippen LogP contribution in [-0.2, 0) is 9.53 Å². The van der Waals surface area contributed by atoms with E-state index in [1.54, 1.807) is 12.0 Å². The van der Waals surface area contributed by atoms with Crippen LogP contribution in [0.1, 0.15) is 22.3 Å². The summed E-state index contributed by atoms with van der Waals surface area (Å²) in [6.07, 6.45) is 0.775. The van der Waals surface area contributed by atoms with Crippen LogP contribution < -0.4 is 4.90 Å². The summed E-state index contributed by atoms with van der Waals surface area (Å²) < 4.78 is 18.4. The summed E-state index contributed by atoms with van der Waals surface area (Å²) in [7, 11) is 1.54. The lowest BCUT2D eigenvalue weighted by Gasteiger charge is -2.27. The van der Waals surface area contributed by atoms with Gasteiger partial charge in [-0.2, -0.15) is 0 Å². The Labute approximate surface area is 216 Å². The van der Waals surface area contributed by atoms with Crippen molar-refractivity contribution in [2.75, 3.05) is 57.9 Å². The monoisotopic (exact) mass is 505 g/mol. The standard InChI is InChI=1S/C28H32FN5O3/c1-21-4-6-22(7-5-21)25-12-13-26(31-30-25)32-14-3-15-33(17-16-32)27(35)20-34(18-19-37-2)28(36)23-8-10-24(29)11-9-23/h4-13H,3,14-20H2,1-2H3. The maximum Gasteiger partial charge on any atom is 0.254 e. The number of carbonyl (C=O) groups is 2. The number of nitrogens with zero attached hydrogens (tertiary/aromatic N) is 5. The van der Waals surface area contributed by atoms with E-state index in [-0.39, 0.29) is 24.9 Å². The summed E-state index contributed by atoms with van der Waals surface area (Å²) in [5.41, 5.74) is 3.36. The van der Waals surface area contributed by atoms with Gasteiger partial charge in [0, 0.05) is 51.0 Å². The third-order valence-corrected chi connectivity index (χ3v) is 6.44. The Hall–Kier alpha value is -3.85. The van der Waals surface area contributed by atoms with Gasteiger partial charge in [0.05, 0.1) is 12.3 Å². The van der Waals surface area contributed by atoms with Gasteiger partial charge in [-0.15, -0.1) is 10.2 Å². The van der Waals surface area contributed by atoms with Crippen LogP contribution in [0.3, 0.4) is 0 Å². The number of amides is 2. The molecule has 1 aliphatic rings. The van der Waals surface area contributed by atoms with Crippen molar-refractivity contribution in [3.8, 4) is 11.3 Å². The molecule has 1 saturated heterocycles. The van der Waals surface area contributed by atoms with Crippen molar-refractivity contribution in [3.05, 3.63) is 77.6 Å². The van der Waals surface area contributed by atoms with E-state index in [2.05, 4.69) is 27.2 Å². The molecule has 0 aliphatic carbocycles. The van der Waals surface area contributed by atoms with E-state index in [1.165, 1.54) is 34.7 Å². The Bertz CT molecular complexity index is 1190. The van der Waals surface area contributed by atoms with Crippen LogP contribution in [0.5, 0.6) is 0 Å². The molecule has 37 heavy (non-hydrogen) atoms. The molecule has 4 rings (SSSR count). The van der Waals surface area contributed by atoms with Gasteiger partial charge in [0.1, 0.15) is 12.4 Å². The molecular weight excluding hydrogens is 473 g/mol. The molecular formula is C28H32FN5O3. The van der Waals surface area contributed by atoms with Gasteiger partial charge in [0.25, 0.3) is 5.91 Å². The highest BCUT2D eigenvalue weighted by molar-refractivity contribution is 5.96. The summed E-state index contributed by atoms with van der Waals surface area (Å²) in [6, 6.07) is 17.4. The number of aromatic nitrogens is 2. The van der Waals surface area contributed by atoms with Crippen LogP contribution in [0.4, 0.5) is 10.2 Å². The first-order valence-corrected chi connectivity index (χ1v) is 12.4. The molecule has 8 nitrogen and oxygen atoms in total. The molecule has 0 radical (unpaired) electrons. The second kappa shape index (κ2) is 12.4. The summed E-state index contributed by atoms with van der Waals surface area (Å²) in [5, 5.41) is 8.85. The normalized spacial score (nSPS) is 13.8. The van der Waals surface area contributed by atoms with Gasteiger partial charge in [0.15, 0.2) is 5.82 Å². The molecule has 1 fully saturated rings. The molecule has 0 N–H and O–H groups in total. The number of halogens is 1. The number of rotatable bonds is 8. The predicted molar refractivity (Wildman–Crippen MR) is 140 cm³/mol. The number of hydrogen-bond donors (Lipinski definition) is 0. The van der Waals surface area contributed by atoms with Gasteiger partial charge >= 0.3 is 0 Å². The van der Waals surface area contributed by atoms with Crippen molar-refractivity contribution in [2.24, 2.45) is 0 Å². The number of hydrogen-bond acceptors (Lipinski definition) is 6. The minimum atomic E-state index is -0.417. The molecule has 0 spiro atoms. The lowest BCUT2D eigenvalue weighted by atomic mass is 10.1. The number of ether oxygens (including phenoxy) is 1. The highest BCUT2D eigenvalue weighted by atomic mass is 19.1. The summed E-state index contributed by atoms with van der Waals surface area (Å²) in [5.74, 6) is -0.0990. The molecule has 2 amide bonds. The third kappa shape index (κ3) is 6.89. The Morgan fingerprint density at radius 1 is 0.946 bits per heavy atom. The minimum absolute atomic E-state index is 0.0649. The van der Waals surface area contributed by atoms with Crippen molar-refractivity contribution in [3.63, 3.8) is 0 Å². The topological polar surface area (TPSA) is 78.9 Å². The Kier molecular flexibility index (Phi) is 8.79. The summed E-state index contributed by atoms with van der Waals surface area (Å²) >= 11 is 0. The van der Waals surface area contributed by atoms with E-state index in [4.69, 9.17) is 4.74 Å². The van der Waals surface area contributed by atoms with E-state index < -0.39 is 5.82 Å². The Balaban J connectivity index is 1.37. The van der Waals surface area contributed by atoms with Gasteiger partial charge in [-0.1, -0.05) is 29.8 Å². The fourth-order valence-corrected chi connectivity index (χ4v) is 4.26. The van der Waals surface area contributed by atoms with Crippen molar-refractivity contribution in [1.29, 1.82) is 0 Å². The van der Waals surface area contributed by atoms with Crippen LogP contribution >= 0.6 is 0 Å². The molecule has 0 atom stereocenters. The Morgan fingerprint density at radius 2 is 1.70 bits per heavy atom. The van der Waals surface area contributed by atoms with Gasteiger partial charge in [0.2, 0.25) is 5.91 Å². The second-order valence-corrected chi connectivity index (χ2v) is 9.09. The third-order valence-electron chi connectivity index (χ3n) is 6.44. The summed E-state index contributed by atoms with van der Waals surface area (Å²) in [6.45, 7) is 5.03. The van der Waals surface area contributed by atoms with E-state index in [9.17, 15) is 14.0 Å². The first-order chi connectivity index (χ1) is 17.9. The fourth-order valence-electron chi connectivity index (χ4n) is 4.26. The van der Waals surface area contributed by atoms with Crippen molar-refractivity contribution >= 4 is 17.6 Å². The average molecular weight is 506 g/mol. The number of aryl methyl sites for hydroxylation is 1. The maximum atomic E-state index is 13.3. The highest BCUT2D eigenvalue weighted by Crippen LogP contribution is 2.20.